The number of rotatable bonds is 3. The standard InChI is InChI=1S/C18H21FN2.ClH/c1-13-11-20-9-8-14-6-7-16(10-17(13)14)21-12-15-4-2-3-5-18(15)19;/h2-7,10,13,20-21H,8-9,11-12H2,1H3;1H. The van der Waals surface area contributed by atoms with Gasteiger partial charge in [-0.1, -0.05) is 31.2 Å². The van der Waals surface area contributed by atoms with E-state index in [-0.39, 0.29) is 18.2 Å². The number of benzene rings is 2. The first-order valence-electron chi connectivity index (χ1n) is 7.55. The minimum Gasteiger partial charge on any atom is -0.381 e. The van der Waals surface area contributed by atoms with Crippen molar-refractivity contribution in [1.29, 1.82) is 0 Å². The van der Waals surface area contributed by atoms with Crippen LogP contribution >= 0.6 is 12.4 Å². The summed E-state index contributed by atoms with van der Waals surface area (Å²) in [5, 5.41) is 6.79. The quantitative estimate of drug-likeness (QED) is 0.889. The van der Waals surface area contributed by atoms with Crippen molar-refractivity contribution in [3.8, 4) is 0 Å². The number of hydrogen-bond donors (Lipinski definition) is 2. The lowest BCUT2D eigenvalue weighted by molar-refractivity contribution is 0.613. The van der Waals surface area contributed by atoms with Gasteiger partial charge >= 0.3 is 0 Å². The molecule has 0 fully saturated rings. The minimum atomic E-state index is -0.155. The Balaban J connectivity index is 0.00000176. The molecule has 0 bridgehead atoms. The number of hydrogen-bond acceptors (Lipinski definition) is 2. The van der Waals surface area contributed by atoms with Crippen LogP contribution in [0.5, 0.6) is 0 Å². The summed E-state index contributed by atoms with van der Waals surface area (Å²) in [6.45, 7) is 4.82. The maximum absolute atomic E-state index is 13.6. The predicted octanol–water partition coefficient (Wildman–Crippen LogP) is 4.11. The van der Waals surface area contributed by atoms with Gasteiger partial charge in [0.25, 0.3) is 0 Å². The smallest absolute Gasteiger partial charge is 0.128 e. The van der Waals surface area contributed by atoms with Crippen LogP contribution < -0.4 is 10.6 Å². The molecule has 1 atom stereocenters. The van der Waals surface area contributed by atoms with Gasteiger partial charge in [0.2, 0.25) is 0 Å². The van der Waals surface area contributed by atoms with E-state index in [2.05, 4.69) is 35.8 Å². The SMILES string of the molecule is CC1CNCCc2ccc(NCc3ccccc3F)cc21.Cl. The highest BCUT2D eigenvalue weighted by Crippen LogP contribution is 2.26. The van der Waals surface area contributed by atoms with E-state index >= 15 is 0 Å². The third kappa shape index (κ3) is 3.79. The maximum Gasteiger partial charge on any atom is 0.128 e. The van der Waals surface area contributed by atoms with Gasteiger partial charge in [-0.2, -0.15) is 0 Å². The molecule has 0 saturated carbocycles. The largest absolute Gasteiger partial charge is 0.381 e. The van der Waals surface area contributed by atoms with Crippen molar-refractivity contribution < 1.29 is 4.39 Å². The molecule has 1 aliphatic heterocycles. The van der Waals surface area contributed by atoms with Gasteiger partial charge in [0.1, 0.15) is 5.82 Å². The van der Waals surface area contributed by atoms with Crippen LogP contribution in [0.3, 0.4) is 0 Å². The summed E-state index contributed by atoms with van der Waals surface area (Å²) in [7, 11) is 0. The zero-order chi connectivity index (χ0) is 14.7. The third-order valence-electron chi connectivity index (χ3n) is 4.14. The van der Waals surface area contributed by atoms with E-state index in [1.807, 2.05) is 12.1 Å². The second-order valence-electron chi connectivity index (χ2n) is 5.71. The summed E-state index contributed by atoms with van der Waals surface area (Å²) < 4.78 is 13.6. The number of nitrogens with one attached hydrogen (secondary N) is 2. The molecule has 118 valence electrons. The fourth-order valence-corrected chi connectivity index (χ4v) is 2.88. The molecule has 0 amide bonds. The van der Waals surface area contributed by atoms with Gasteiger partial charge in [-0.05, 0) is 48.2 Å². The Kier molecular flexibility index (Phi) is 5.81. The first kappa shape index (κ1) is 16.8. The van der Waals surface area contributed by atoms with Crippen molar-refractivity contribution in [3.63, 3.8) is 0 Å². The average Bonchev–Trinajstić information content (AvgIpc) is 2.68. The van der Waals surface area contributed by atoms with Crippen LogP contribution in [-0.4, -0.2) is 13.1 Å². The molecular weight excluding hydrogens is 299 g/mol. The van der Waals surface area contributed by atoms with E-state index in [4.69, 9.17) is 0 Å². The lowest BCUT2D eigenvalue weighted by Gasteiger charge is -2.15. The number of anilines is 1. The van der Waals surface area contributed by atoms with Crippen LogP contribution in [0.15, 0.2) is 42.5 Å². The fraction of sp³-hybridized carbons (Fsp3) is 0.333. The second kappa shape index (κ2) is 7.61. The molecule has 2 nitrogen and oxygen atoms in total. The highest BCUT2D eigenvalue weighted by Gasteiger charge is 2.14. The summed E-state index contributed by atoms with van der Waals surface area (Å²) in [6, 6.07) is 13.4. The van der Waals surface area contributed by atoms with E-state index in [1.54, 1.807) is 6.07 Å². The predicted molar refractivity (Wildman–Crippen MR) is 92.4 cm³/mol. The minimum absolute atomic E-state index is 0. The van der Waals surface area contributed by atoms with Crippen LogP contribution in [0.1, 0.15) is 29.5 Å². The topological polar surface area (TPSA) is 24.1 Å². The molecule has 3 rings (SSSR count). The van der Waals surface area contributed by atoms with Gasteiger partial charge in [0.15, 0.2) is 0 Å². The van der Waals surface area contributed by atoms with Crippen molar-refractivity contribution in [3.05, 3.63) is 65.0 Å². The summed E-state index contributed by atoms with van der Waals surface area (Å²) in [4.78, 5) is 0. The molecular formula is C18H22ClFN2. The van der Waals surface area contributed by atoms with E-state index in [0.29, 0.717) is 18.0 Å². The second-order valence-corrected chi connectivity index (χ2v) is 5.71. The highest BCUT2D eigenvalue weighted by atomic mass is 35.5. The Hall–Kier alpha value is -1.58. The normalized spacial score (nSPS) is 17.1. The molecule has 2 N–H and O–H groups in total. The van der Waals surface area contributed by atoms with Crippen molar-refractivity contribution in [2.75, 3.05) is 18.4 Å². The Bertz CT molecular complexity index is 630. The van der Waals surface area contributed by atoms with Crippen LogP contribution in [0.2, 0.25) is 0 Å². The van der Waals surface area contributed by atoms with Gasteiger partial charge < -0.3 is 10.6 Å². The van der Waals surface area contributed by atoms with E-state index in [1.165, 1.54) is 17.2 Å². The molecule has 2 aromatic carbocycles. The maximum atomic E-state index is 13.6. The Morgan fingerprint density at radius 2 is 2.05 bits per heavy atom. The lowest BCUT2D eigenvalue weighted by atomic mass is 9.95. The Morgan fingerprint density at radius 3 is 2.86 bits per heavy atom. The molecule has 1 unspecified atom stereocenters. The molecule has 1 aliphatic rings. The highest BCUT2D eigenvalue weighted by molar-refractivity contribution is 5.85. The summed E-state index contributed by atoms with van der Waals surface area (Å²) in [5.41, 5.74) is 4.58. The average molecular weight is 321 g/mol. The molecule has 0 radical (unpaired) electrons. The van der Waals surface area contributed by atoms with E-state index in [0.717, 1.165) is 25.2 Å². The van der Waals surface area contributed by atoms with Gasteiger partial charge in [0.05, 0.1) is 0 Å². The van der Waals surface area contributed by atoms with Crippen molar-refractivity contribution >= 4 is 18.1 Å². The Labute approximate surface area is 137 Å². The zero-order valence-electron chi connectivity index (χ0n) is 12.7. The first-order valence-corrected chi connectivity index (χ1v) is 7.55. The van der Waals surface area contributed by atoms with Crippen LogP contribution in [0.4, 0.5) is 10.1 Å². The molecule has 4 heteroatoms. The van der Waals surface area contributed by atoms with Crippen molar-refractivity contribution in [2.45, 2.75) is 25.8 Å². The van der Waals surface area contributed by atoms with Gasteiger partial charge in [-0.3, -0.25) is 0 Å². The zero-order valence-corrected chi connectivity index (χ0v) is 13.5. The number of halogens is 2. The van der Waals surface area contributed by atoms with E-state index in [9.17, 15) is 4.39 Å². The molecule has 2 aromatic rings. The van der Waals surface area contributed by atoms with Gasteiger partial charge in [-0.15, -0.1) is 12.4 Å². The van der Waals surface area contributed by atoms with Crippen molar-refractivity contribution in [1.82, 2.24) is 5.32 Å². The van der Waals surface area contributed by atoms with Crippen LogP contribution in [0, 0.1) is 5.82 Å². The van der Waals surface area contributed by atoms with Crippen LogP contribution in [-0.2, 0) is 13.0 Å². The molecule has 1 heterocycles. The summed E-state index contributed by atoms with van der Waals surface area (Å²) in [6.07, 6.45) is 1.08. The fourth-order valence-electron chi connectivity index (χ4n) is 2.88. The lowest BCUT2D eigenvalue weighted by Crippen LogP contribution is -2.18. The summed E-state index contributed by atoms with van der Waals surface area (Å²) >= 11 is 0. The Morgan fingerprint density at radius 1 is 1.23 bits per heavy atom. The van der Waals surface area contributed by atoms with Crippen LogP contribution in [0.25, 0.3) is 0 Å². The number of fused-ring (bicyclic) bond motifs is 1. The molecule has 0 aliphatic carbocycles. The van der Waals surface area contributed by atoms with Gasteiger partial charge in [0, 0.05) is 24.3 Å². The van der Waals surface area contributed by atoms with Crippen molar-refractivity contribution in [2.24, 2.45) is 0 Å². The molecule has 0 aromatic heterocycles. The van der Waals surface area contributed by atoms with Gasteiger partial charge in [-0.25, -0.2) is 4.39 Å². The third-order valence-corrected chi connectivity index (χ3v) is 4.14. The molecule has 22 heavy (non-hydrogen) atoms. The monoisotopic (exact) mass is 320 g/mol. The van der Waals surface area contributed by atoms with E-state index < -0.39 is 0 Å². The first-order chi connectivity index (χ1) is 10.2. The molecule has 0 spiro atoms. The summed E-state index contributed by atoms with van der Waals surface area (Å²) in [5.74, 6) is 0.357. The molecule has 0 saturated heterocycles.